The highest BCUT2D eigenvalue weighted by atomic mass is 79.9. The summed E-state index contributed by atoms with van der Waals surface area (Å²) in [7, 11) is 1.62. The molecule has 0 aliphatic carbocycles. The smallest absolute Gasteiger partial charge is 0.156 e. The Morgan fingerprint density at radius 1 is 1.20 bits per heavy atom. The van der Waals surface area contributed by atoms with Crippen molar-refractivity contribution < 1.29 is 9.53 Å². The average molecular weight is 334 g/mol. The van der Waals surface area contributed by atoms with E-state index >= 15 is 0 Å². The fourth-order valence-electron chi connectivity index (χ4n) is 1.85. The van der Waals surface area contributed by atoms with E-state index < -0.39 is 0 Å². The van der Waals surface area contributed by atoms with Crippen LogP contribution in [0.5, 0.6) is 5.75 Å². The second-order valence-corrected chi connectivity index (χ2v) is 5.25. The minimum atomic E-state index is 0.128. The van der Waals surface area contributed by atoms with Crippen molar-refractivity contribution in [2.24, 2.45) is 0 Å². The number of rotatable bonds is 6. The minimum Gasteiger partial charge on any atom is -0.497 e. The van der Waals surface area contributed by atoms with Crippen molar-refractivity contribution in [3.8, 4) is 5.75 Å². The van der Waals surface area contributed by atoms with Crippen molar-refractivity contribution in [2.75, 3.05) is 19.0 Å². The molecule has 0 saturated heterocycles. The molecule has 0 aliphatic heterocycles. The number of hydrogen-bond acceptors (Lipinski definition) is 3. The summed E-state index contributed by atoms with van der Waals surface area (Å²) in [5.74, 6) is 0.884. The summed E-state index contributed by atoms with van der Waals surface area (Å²) in [4.78, 5) is 12.0. The molecule has 3 nitrogen and oxygen atoms in total. The maximum Gasteiger partial charge on any atom is 0.156 e. The standard InChI is InChI=1S/C16H16BrNO2/c1-20-15-7-8-16(17)12(10-15)9-14(19)11-18-13-5-3-2-4-6-13/h2-8,10,18H,9,11H2,1H3. The summed E-state index contributed by atoms with van der Waals surface area (Å²) >= 11 is 3.46. The van der Waals surface area contributed by atoms with Crippen LogP contribution in [-0.4, -0.2) is 19.4 Å². The first-order valence-electron chi connectivity index (χ1n) is 6.32. The molecule has 2 rings (SSSR count). The molecule has 0 fully saturated rings. The Hall–Kier alpha value is -1.81. The van der Waals surface area contributed by atoms with Gasteiger partial charge in [0.2, 0.25) is 0 Å². The number of methoxy groups -OCH3 is 1. The van der Waals surface area contributed by atoms with Crippen LogP contribution in [0, 0.1) is 0 Å². The fourth-order valence-corrected chi connectivity index (χ4v) is 2.23. The maximum absolute atomic E-state index is 12.0. The molecule has 0 unspecified atom stereocenters. The zero-order valence-corrected chi connectivity index (χ0v) is 12.8. The topological polar surface area (TPSA) is 38.3 Å². The van der Waals surface area contributed by atoms with Gasteiger partial charge < -0.3 is 10.1 Å². The van der Waals surface area contributed by atoms with Gasteiger partial charge >= 0.3 is 0 Å². The Kier molecular flexibility index (Phi) is 5.18. The predicted octanol–water partition coefficient (Wildman–Crippen LogP) is 3.68. The first kappa shape index (κ1) is 14.6. The van der Waals surface area contributed by atoms with Crippen LogP contribution in [0.2, 0.25) is 0 Å². The summed E-state index contributed by atoms with van der Waals surface area (Å²) in [6.07, 6.45) is 0.373. The lowest BCUT2D eigenvalue weighted by atomic mass is 10.1. The van der Waals surface area contributed by atoms with Gasteiger partial charge in [-0.3, -0.25) is 4.79 Å². The normalized spacial score (nSPS) is 10.1. The van der Waals surface area contributed by atoms with Crippen LogP contribution in [0.4, 0.5) is 5.69 Å². The Balaban J connectivity index is 1.94. The Morgan fingerprint density at radius 2 is 1.95 bits per heavy atom. The SMILES string of the molecule is COc1ccc(Br)c(CC(=O)CNc2ccccc2)c1. The van der Waals surface area contributed by atoms with E-state index in [4.69, 9.17) is 4.74 Å². The first-order valence-corrected chi connectivity index (χ1v) is 7.11. The molecule has 0 atom stereocenters. The molecule has 0 bridgehead atoms. The Bertz CT molecular complexity index is 584. The number of nitrogens with one attached hydrogen (secondary N) is 1. The molecule has 0 heterocycles. The van der Waals surface area contributed by atoms with Crippen LogP contribution in [0.3, 0.4) is 0 Å². The molecular weight excluding hydrogens is 318 g/mol. The molecule has 0 spiro atoms. The molecule has 2 aromatic rings. The van der Waals surface area contributed by atoms with E-state index in [0.29, 0.717) is 13.0 Å². The van der Waals surface area contributed by atoms with Crippen molar-refractivity contribution in [1.29, 1.82) is 0 Å². The predicted molar refractivity (Wildman–Crippen MR) is 84.3 cm³/mol. The van der Waals surface area contributed by atoms with Crippen molar-refractivity contribution in [1.82, 2.24) is 0 Å². The lowest BCUT2D eigenvalue weighted by molar-refractivity contribution is -0.116. The third-order valence-electron chi connectivity index (χ3n) is 2.90. The number of ether oxygens (including phenoxy) is 1. The molecule has 0 radical (unpaired) electrons. The second-order valence-electron chi connectivity index (χ2n) is 4.39. The van der Waals surface area contributed by atoms with Gasteiger partial charge in [-0.25, -0.2) is 0 Å². The lowest BCUT2D eigenvalue weighted by Crippen LogP contribution is -2.16. The largest absolute Gasteiger partial charge is 0.497 e. The number of para-hydroxylation sites is 1. The Morgan fingerprint density at radius 3 is 2.65 bits per heavy atom. The summed E-state index contributed by atoms with van der Waals surface area (Å²) in [6, 6.07) is 15.3. The molecule has 20 heavy (non-hydrogen) atoms. The maximum atomic E-state index is 12.0. The average Bonchev–Trinajstić information content (AvgIpc) is 2.48. The van der Waals surface area contributed by atoms with Crippen LogP contribution in [0.25, 0.3) is 0 Å². The molecule has 2 aromatic carbocycles. The third kappa shape index (κ3) is 4.10. The van der Waals surface area contributed by atoms with Crippen molar-refractivity contribution in [3.63, 3.8) is 0 Å². The van der Waals surface area contributed by atoms with Gasteiger partial charge in [-0.05, 0) is 35.9 Å². The van der Waals surface area contributed by atoms with Gasteiger partial charge in [0.25, 0.3) is 0 Å². The highest BCUT2D eigenvalue weighted by Crippen LogP contribution is 2.23. The fraction of sp³-hybridized carbons (Fsp3) is 0.188. The quantitative estimate of drug-likeness (QED) is 0.876. The summed E-state index contributed by atoms with van der Waals surface area (Å²) in [5, 5.41) is 3.12. The van der Waals surface area contributed by atoms with Crippen LogP contribution in [0.1, 0.15) is 5.56 Å². The molecule has 0 aliphatic rings. The highest BCUT2D eigenvalue weighted by Gasteiger charge is 2.08. The van der Waals surface area contributed by atoms with Gasteiger partial charge in [0.1, 0.15) is 5.75 Å². The molecule has 4 heteroatoms. The van der Waals surface area contributed by atoms with Gasteiger partial charge in [-0.1, -0.05) is 34.1 Å². The van der Waals surface area contributed by atoms with E-state index in [1.165, 1.54) is 0 Å². The number of benzene rings is 2. The summed E-state index contributed by atoms with van der Waals surface area (Å²) in [5.41, 5.74) is 1.88. The van der Waals surface area contributed by atoms with Crippen molar-refractivity contribution in [2.45, 2.75) is 6.42 Å². The molecule has 0 amide bonds. The molecule has 0 saturated carbocycles. The highest BCUT2D eigenvalue weighted by molar-refractivity contribution is 9.10. The van der Waals surface area contributed by atoms with Crippen LogP contribution in [-0.2, 0) is 11.2 Å². The van der Waals surface area contributed by atoms with E-state index in [1.54, 1.807) is 7.11 Å². The van der Waals surface area contributed by atoms with Crippen LogP contribution < -0.4 is 10.1 Å². The Labute approximate surface area is 127 Å². The zero-order valence-electron chi connectivity index (χ0n) is 11.2. The number of halogens is 1. The van der Waals surface area contributed by atoms with Gasteiger partial charge in [0.05, 0.1) is 13.7 Å². The van der Waals surface area contributed by atoms with Crippen molar-refractivity contribution in [3.05, 3.63) is 58.6 Å². The number of anilines is 1. The summed E-state index contributed by atoms with van der Waals surface area (Å²) < 4.78 is 6.10. The number of hydrogen-bond donors (Lipinski definition) is 1. The number of carbonyl (C=O) groups is 1. The number of carbonyl (C=O) groups excluding carboxylic acids is 1. The van der Waals surface area contributed by atoms with Gasteiger partial charge in [-0.15, -0.1) is 0 Å². The zero-order chi connectivity index (χ0) is 14.4. The molecular formula is C16H16BrNO2. The van der Waals surface area contributed by atoms with E-state index in [2.05, 4.69) is 21.2 Å². The van der Waals surface area contributed by atoms with E-state index in [-0.39, 0.29) is 5.78 Å². The second kappa shape index (κ2) is 7.10. The minimum absolute atomic E-state index is 0.128. The van der Waals surface area contributed by atoms with Gasteiger partial charge in [0.15, 0.2) is 5.78 Å². The summed E-state index contributed by atoms with van der Waals surface area (Å²) in [6.45, 7) is 0.313. The van der Waals surface area contributed by atoms with Gasteiger partial charge in [-0.2, -0.15) is 0 Å². The first-order chi connectivity index (χ1) is 9.69. The molecule has 1 N–H and O–H groups in total. The molecule has 104 valence electrons. The molecule has 0 aromatic heterocycles. The van der Waals surface area contributed by atoms with Crippen LogP contribution >= 0.6 is 15.9 Å². The van der Waals surface area contributed by atoms with Crippen LogP contribution in [0.15, 0.2) is 53.0 Å². The third-order valence-corrected chi connectivity index (χ3v) is 3.68. The lowest BCUT2D eigenvalue weighted by Gasteiger charge is -2.08. The monoisotopic (exact) mass is 333 g/mol. The number of ketones is 1. The number of Topliss-reactive ketones (excluding diaryl/α,β-unsaturated/α-hetero) is 1. The van der Waals surface area contributed by atoms with E-state index in [9.17, 15) is 4.79 Å². The van der Waals surface area contributed by atoms with E-state index in [0.717, 1.165) is 21.5 Å². The van der Waals surface area contributed by atoms with E-state index in [1.807, 2.05) is 48.5 Å². The van der Waals surface area contributed by atoms with Crippen molar-refractivity contribution >= 4 is 27.4 Å². The van der Waals surface area contributed by atoms with Gasteiger partial charge in [0, 0.05) is 16.6 Å².